The van der Waals surface area contributed by atoms with E-state index in [-0.39, 0.29) is 5.91 Å². The van der Waals surface area contributed by atoms with Crippen molar-refractivity contribution >= 4 is 71.7 Å². The van der Waals surface area contributed by atoms with Crippen molar-refractivity contribution in [3.8, 4) is 10.4 Å². The SMILES string of the molecule is CS(=O)(=O)Nc1ccc2sc(C(=O)Nc3cc(Cl)cc(-c4cccs4)c3)cc2c1. The summed E-state index contributed by atoms with van der Waals surface area (Å²) in [6.45, 7) is 0. The van der Waals surface area contributed by atoms with Gasteiger partial charge in [0.25, 0.3) is 5.91 Å². The van der Waals surface area contributed by atoms with E-state index in [2.05, 4.69) is 10.0 Å². The van der Waals surface area contributed by atoms with Gasteiger partial charge in [-0.3, -0.25) is 9.52 Å². The maximum absolute atomic E-state index is 12.8. The molecule has 2 aromatic heterocycles. The number of halogens is 1. The van der Waals surface area contributed by atoms with Gasteiger partial charge in [-0.25, -0.2) is 8.42 Å². The third kappa shape index (κ3) is 4.79. The second-order valence-corrected chi connectivity index (χ2v) is 10.6. The molecule has 4 aromatic rings. The molecular formula is C20H15ClN2O3S3. The van der Waals surface area contributed by atoms with Crippen molar-refractivity contribution in [2.45, 2.75) is 0 Å². The number of anilines is 2. The maximum atomic E-state index is 12.8. The van der Waals surface area contributed by atoms with Crippen molar-refractivity contribution in [1.29, 1.82) is 0 Å². The zero-order valence-corrected chi connectivity index (χ0v) is 18.3. The highest BCUT2D eigenvalue weighted by atomic mass is 35.5. The van der Waals surface area contributed by atoms with E-state index in [1.807, 2.05) is 29.6 Å². The Morgan fingerprint density at radius 2 is 1.86 bits per heavy atom. The van der Waals surface area contributed by atoms with Crippen molar-refractivity contribution in [3.63, 3.8) is 0 Å². The molecule has 2 aromatic carbocycles. The third-order valence-corrected chi connectivity index (χ3v) is 6.86. The van der Waals surface area contributed by atoms with E-state index in [0.717, 1.165) is 26.8 Å². The van der Waals surface area contributed by atoms with Gasteiger partial charge < -0.3 is 5.32 Å². The second-order valence-electron chi connectivity index (χ2n) is 6.40. The molecule has 0 aliphatic heterocycles. The van der Waals surface area contributed by atoms with Crippen LogP contribution in [0.5, 0.6) is 0 Å². The van der Waals surface area contributed by atoms with Crippen LogP contribution >= 0.6 is 34.3 Å². The predicted octanol–water partition coefficient (Wildman–Crippen LogP) is 5.91. The number of hydrogen-bond acceptors (Lipinski definition) is 5. The molecule has 2 N–H and O–H groups in total. The quantitative estimate of drug-likeness (QED) is 0.387. The van der Waals surface area contributed by atoms with E-state index in [1.165, 1.54) is 11.3 Å². The molecule has 2 heterocycles. The lowest BCUT2D eigenvalue weighted by Crippen LogP contribution is -2.10. The van der Waals surface area contributed by atoms with Gasteiger partial charge in [0.1, 0.15) is 0 Å². The smallest absolute Gasteiger partial charge is 0.265 e. The number of carbonyl (C=O) groups is 1. The zero-order chi connectivity index (χ0) is 20.6. The van der Waals surface area contributed by atoms with Gasteiger partial charge in [-0.1, -0.05) is 17.7 Å². The third-order valence-electron chi connectivity index (χ3n) is 4.00. The highest BCUT2D eigenvalue weighted by Crippen LogP contribution is 2.32. The van der Waals surface area contributed by atoms with Gasteiger partial charge >= 0.3 is 0 Å². The molecule has 0 aliphatic carbocycles. The van der Waals surface area contributed by atoms with E-state index in [9.17, 15) is 13.2 Å². The lowest BCUT2D eigenvalue weighted by Gasteiger charge is -2.07. The van der Waals surface area contributed by atoms with Crippen LogP contribution in [-0.4, -0.2) is 20.6 Å². The number of benzene rings is 2. The summed E-state index contributed by atoms with van der Waals surface area (Å²) in [4.78, 5) is 14.3. The van der Waals surface area contributed by atoms with Crippen LogP contribution in [0.4, 0.5) is 11.4 Å². The van der Waals surface area contributed by atoms with E-state index in [0.29, 0.717) is 21.3 Å². The Bertz CT molecular complexity index is 1310. The average molecular weight is 463 g/mol. The first-order valence-corrected chi connectivity index (χ1v) is 12.4. The van der Waals surface area contributed by atoms with Crippen molar-refractivity contribution in [2.24, 2.45) is 0 Å². The molecule has 29 heavy (non-hydrogen) atoms. The van der Waals surface area contributed by atoms with E-state index >= 15 is 0 Å². The van der Waals surface area contributed by atoms with Crippen LogP contribution in [0.3, 0.4) is 0 Å². The minimum absolute atomic E-state index is 0.247. The molecule has 0 radical (unpaired) electrons. The predicted molar refractivity (Wildman–Crippen MR) is 123 cm³/mol. The Morgan fingerprint density at radius 1 is 1.03 bits per heavy atom. The molecule has 4 rings (SSSR count). The number of amides is 1. The summed E-state index contributed by atoms with van der Waals surface area (Å²) < 4.78 is 26.2. The second kappa shape index (κ2) is 7.79. The lowest BCUT2D eigenvalue weighted by molar-refractivity contribution is 0.103. The molecule has 0 saturated heterocycles. The zero-order valence-electron chi connectivity index (χ0n) is 15.1. The van der Waals surface area contributed by atoms with Gasteiger partial charge in [-0.05, 0) is 64.9 Å². The first-order chi connectivity index (χ1) is 13.8. The fourth-order valence-electron chi connectivity index (χ4n) is 2.87. The van der Waals surface area contributed by atoms with Crippen LogP contribution in [0.25, 0.3) is 20.5 Å². The molecule has 0 spiro atoms. The fraction of sp³-hybridized carbons (Fsp3) is 0.0500. The minimum Gasteiger partial charge on any atom is -0.321 e. The number of fused-ring (bicyclic) bond motifs is 1. The van der Waals surface area contributed by atoms with Crippen LogP contribution in [0.15, 0.2) is 60.0 Å². The Labute approximate surface area is 181 Å². The summed E-state index contributed by atoms with van der Waals surface area (Å²) in [6, 6.07) is 16.3. The Balaban J connectivity index is 1.59. The Morgan fingerprint density at radius 3 is 2.59 bits per heavy atom. The molecule has 5 nitrogen and oxygen atoms in total. The lowest BCUT2D eigenvalue weighted by atomic mass is 10.1. The van der Waals surface area contributed by atoms with Crippen LogP contribution < -0.4 is 10.0 Å². The van der Waals surface area contributed by atoms with Crippen LogP contribution in [-0.2, 0) is 10.0 Å². The summed E-state index contributed by atoms with van der Waals surface area (Å²) in [5.41, 5.74) is 2.01. The standard InChI is InChI=1S/C20H15ClN2O3S3/c1-29(25,26)23-15-4-5-18-13(8-15)10-19(28-18)20(24)22-16-9-12(7-14(21)11-16)17-3-2-6-27-17/h2-11,23H,1H3,(H,22,24). The van der Waals surface area contributed by atoms with E-state index in [1.54, 1.807) is 41.7 Å². The van der Waals surface area contributed by atoms with Gasteiger partial charge in [-0.15, -0.1) is 22.7 Å². The summed E-state index contributed by atoms with van der Waals surface area (Å²) >= 11 is 9.17. The monoisotopic (exact) mass is 462 g/mol. The van der Waals surface area contributed by atoms with Crippen LogP contribution in [0, 0.1) is 0 Å². The highest BCUT2D eigenvalue weighted by Gasteiger charge is 2.13. The number of thiophene rings is 2. The maximum Gasteiger partial charge on any atom is 0.265 e. The van der Waals surface area contributed by atoms with Gasteiger partial charge in [0, 0.05) is 26.0 Å². The first-order valence-electron chi connectivity index (χ1n) is 8.44. The molecule has 0 unspecified atom stereocenters. The number of sulfonamides is 1. The van der Waals surface area contributed by atoms with E-state index in [4.69, 9.17) is 11.6 Å². The molecular weight excluding hydrogens is 448 g/mol. The molecule has 9 heteroatoms. The number of hydrogen-bond donors (Lipinski definition) is 2. The molecule has 0 fully saturated rings. The normalized spacial score (nSPS) is 11.5. The van der Waals surface area contributed by atoms with Gasteiger partial charge in [0.2, 0.25) is 10.0 Å². The fourth-order valence-corrected chi connectivity index (χ4v) is 5.32. The summed E-state index contributed by atoms with van der Waals surface area (Å²) in [5, 5.41) is 6.21. The highest BCUT2D eigenvalue weighted by molar-refractivity contribution is 7.92. The Kier molecular flexibility index (Phi) is 5.35. The molecule has 148 valence electrons. The van der Waals surface area contributed by atoms with Gasteiger partial charge in [0.05, 0.1) is 11.1 Å². The van der Waals surface area contributed by atoms with Gasteiger partial charge in [0.15, 0.2) is 0 Å². The first kappa shape index (κ1) is 19.9. The largest absolute Gasteiger partial charge is 0.321 e. The Hall–Kier alpha value is -2.39. The molecule has 0 bridgehead atoms. The van der Waals surface area contributed by atoms with Crippen molar-refractivity contribution in [1.82, 2.24) is 0 Å². The number of rotatable bonds is 5. The summed E-state index contributed by atoms with van der Waals surface area (Å²) in [7, 11) is -3.36. The van der Waals surface area contributed by atoms with Crippen molar-refractivity contribution < 1.29 is 13.2 Å². The summed E-state index contributed by atoms with van der Waals surface area (Å²) in [5.74, 6) is -0.247. The minimum atomic E-state index is -3.36. The van der Waals surface area contributed by atoms with Crippen LogP contribution in [0.2, 0.25) is 5.02 Å². The topological polar surface area (TPSA) is 75.3 Å². The number of nitrogens with one attached hydrogen (secondary N) is 2. The number of carbonyl (C=O) groups excluding carboxylic acids is 1. The molecule has 0 saturated carbocycles. The van der Waals surface area contributed by atoms with Crippen LogP contribution in [0.1, 0.15) is 9.67 Å². The van der Waals surface area contributed by atoms with Gasteiger partial charge in [-0.2, -0.15) is 0 Å². The molecule has 0 aliphatic rings. The van der Waals surface area contributed by atoms with E-state index < -0.39 is 10.0 Å². The molecule has 0 atom stereocenters. The van der Waals surface area contributed by atoms with Crippen molar-refractivity contribution in [3.05, 3.63) is 69.9 Å². The molecule has 1 amide bonds. The summed E-state index contributed by atoms with van der Waals surface area (Å²) in [6.07, 6.45) is 1.10. The average Bonchev–Trinajstić information content (AvgIpc) is 3.29. The van der Waals surface area contributed by atoms with Crippen molar-refractivity contribution in [2.75, 3.05) is 16.3 Å².